The van der Waals surface area contributed by atoms with Gasteiger partial charge >= 0.3 is 0 Å². The molecule has 0 unspecified atom stereocenters. The van der Waals surface area contributed by atoms with Gasteiger partial charge in [-0.1, -0.05) is 17.8 Å². The number of hydrogen-bond donors (Lipinski definition) is 1. The van der Waals surface area contributed by atoms with E-state index in [1.54, 1.807) is 18.4 Å². The van der Waals surface area contributed by atoms with Gasteiger partial charge in [-0.3, -0.25) is 4.79 Å². The van der Waals surface area contributed by atoms with Gasteiger partial charge < -0.3 is 14.5 Å². The van der Waals surface area contributed by atoms with Gasteiger partial charge in [0.2, 0.25) is 0 Å². The molecule has 1 aromatic heterocycles. The number of nitriles is 1. The molecule has 6 nitrogen and oxygen atoms in total. The van der Waals surface area contributed by atoms with Crippen molar-refractivity contribution in [3.63, 3.8) is 0 Å². The van der Waals surface area contributed by atoms with Crippen LogP contribution in [0.1, 0.15) is 25.0 Å². The van der Waals surface area contributed by atoms with Gasteiger partial charge in [0.1, 0.15) is 11.6 Å². The molecule has 7 heteroatoms. The maximum Gasteiger partial charge on any atom is 0.270 e. The minimum absolute atomic E-state index is 0.0287. The smallest absolute Gasteiger partial charge is 0.270 e. The number of thioether (sulfide) groups is 1. The van der Waals surface area contributed by atoms with E-state index in [1.165, 1.54) is 11.8 Å². The molecular weight excluding hydrogens is 350 g/mol. The maximum atomic E-state index is 12.2. The van der Waals surface area contributed by atoms with Crippen LogP contribution in [0, 0.1) is 11.3 Å². The highest BCUT2D eigenvalue weighted by Crippen LogP contribution is 2.37. The number of aromatic nitrogens is 2. The summed E-state index contributed by atoms with van der Waals surface area (Å²) in [6.45, 7) is 8.52. The van der Waals surface area contributed by atoms with Crippen molar-refractivity contribution >= 4 is 11.8 Å². The van der Waals surface area contributed by atoms with Crippen molar-refractivity contribution in [2.24, 2.45) is 0 Å². The molecule has 0 amide bonds. The first-order valence-electron chi connectivity index (χ1n) is 8.21. The van der Waals surface area contributed by atoms with Crippen molar-refractivity contribution < 1.29 is 9.47 Å². The third kappa shape index (κ3) is 4.09. The summed E-state index contributed by atoms with van der Waals surface area (Å²) in [4.78, 5) is 19.2. The van der Waals surface area contributed by atoms with Gasteiger partial charge in [-0.05, 0) is 38.7 Å². The van der Waals surface area contributed by atoms with E-state index in [9.17, 15) is 10.1 Å². The predicted octanol–water partition coefficient (Wildman–Crippen LogP) is 3.56. The van der Waals surface area contributed by atoms with Crippen LogP contribution in [0.4, 0.5) is 0 Å². The summed E-state index contributed by atoms with van der Waals surface area (Å²) in [5, 5.41) is 9.86. The van der Waals surface area contributed by atoms with E-state index in [-0.39, 0.29) is 5.56 Å². The molecule has 2 aromatic rings. The zero-order valence-electron chi connectivity index (χ0n) is 15.1. The van der Waals surface area contributed by atoms with Gasteiger partial charge in [0, 0.05) is 11.1 Å². The number of aromatic amines is 1. The zero-order chi connectivity index (χ0) is 19.1. The first kappa shape index (κ1) is 19.6. The largest absolute Gasteiger partial charge is 0.490 e. The quantitative estimate of drug-likeness (QED) is 0.434. The number of nitrogens with zero attached hydrogens (tertiary/aromatic N) is 2. The average Bonchev–Trinajstić information content (AvgIpc) is 2.63. The van der Waals surface area contributed by atoms with E-state index in [0.29, 0.717) is 47.5 Å². The van der Waals surface area contributed by atoms with E-state index in [0.717, 1.165) is 5.56 Å². The summed E-state index contributed by atoms with van der Waals surface area (Å²) >= 11 is 1.30. The lowest BCUT2D eigenvalue weighted by Crippen LogP contribution is -2.14. The fourth-order valence-corrected chi connectivity index (χ4v) is 2.91. The molecule has 136 valence electrons. The lowest BCUT2D eigenvalue weighted by molar-refractivity contribution is 0.286. The second kappa shape index (κ2) is 9.11. The van der Waals surface area contributed by atoms with E-state index < -0.39 is 5.56 Å². The molecule has 0 radical (unpaired) electrons. The van der Waals surface area contributed by atoms with E-state index in [4.69, 9.17) is 9.47 Å². The molecule has 0 aliphatic carbocycles. The molecule has 1 N–H and O–H groups in total. The number of H-pyrrole nitrogens is 1. The molecule has 1 heterocycles. The number of nitrogens with one attached hydrogen (secondary N) is 1. The molecule has 0 aliphatic rings. The summed E-state index contributed by atoms with van der Waals surface area (Å²) in [5.74, 6) is 1.20. The number of benzene rings is 1. The molecule has 2 rings (SSSR count). The fraction of sp³-hybridized carbons (Fsp3) is 0.316. The summed E-state index contributed by atoms with van der Waals surface area (Å²) in [6, 6.07) is 5.57. The predicted molar refractivity (Wildman–Crippen MR) is 103 cm³/mol. The Kier molecular flexibility index (Phi) is 6.87. The minimum Gasteiger partial charge on any atom is -0.490 e. The molecule has 0 saturated heterocycles. The monoisotopic (exact) mass is 371 g/mol. The highest BCUT2D eigenvalue weighted by Gasteiger charge is 2.18. The first-order valence-corrected chi connectivity index (χ1v) is 9.44. The van der Waals surface area contributed by atoms with Gasteiger partial charge in [0.15, 0.2) is 16.7 Å². The Hall–Kier alpha value is -2.72. The Morgan fingerprint density at radius 3 is 2.65 bits per heavy atom. The Labute approximate surface area is 156 Å². The molecule has 1 aromatic carbocycles. The summed E-state index contributed by atoms with van der Waals surface area (Å²) in [5.41, 5.74) is 1.33. The lowest BCUT2D eigenvalue weighted by Gasteiger charge is -2.17. The molecule has 0 spiro atoms. The molecule has 0 aliphatic heterocycles. The van der Waals surface area contributed by atoms with Crippen molar-refractivity contribution in [3.8, 4) is 28.8 Å². The first-order chi connectivity index (χ1) is 12.6. The van der Waals surface area contributed by atoms with Crippen molar-refractivity contribution in [2.45, 2.75) is 25.4 Å². The maximum absolute atomic E-state index is 12.2. The second-order valence-electron chi connectivity index (χ2n) is 5.23. The van der Waals surface area contributed by atoms with Gasteiger partial charge in [-0.2, -0.15) is 5.26 Å². The Morgan fingerprint density at radius 2 is 2.08 bits per heavy atom. The van der Waals surface area contributed by atoms with Crippen LogP contribution in [0.5, 0.6) is 11.5 Å². The van der Waals surface area contributed by atoms with Crippen LogP contribution in [0.15, 0.2) is 34.7 Å². The summed E-state index contributed by atoms with van der Waals surface area (Å²) < 4.78 is 11.5. The van der Waals surface area contributed by atoms with Gasteiger partial charge in [-0.25, -0.2) is 4.98 Å². The van der Waals surface area contributed by atoms with Crippen molar-refractivity contribution in [2.75, 3.05) is 19.5 Å². The average molecular weight is 371 g/mol. The highest BCUT2D eigenvalue weighted by atomic mass is 32.2. The Balaban J connectivity index is 2.78. The molecule has 0 fully saturated rings. The fourth-order valence-electron chi connectivity index (χ4n) is 2.54. The summed E-state index contributed by atoms with van der Waals surface area (Å²) in [6.07, 6.45) is 4.13. The van der Waals surface area contributed by atoms with Crippen molar-refractivity contribution in [1.29, 1.82) is 5.26 Å². The van der Waals surface area contributed by atoms with Crippen molar-refractivity contribution in [1.82, 2.24) is 9.97 Å². The number of ether oxygens (including phenoxy) is 2. The molecule has 26 heavy (non-hydrogen) atoms. The normalized spacial score (nSPS) is 10.2. The molecule has 0 atom stereocenters. The standard InChI is InChI=1S/C19H21N3O3S/c1-5-8-12-9-13(10-15(24-6-2)17(12)25-7-3)16-14(11-20)18(23)22-19(21-16)26-4/h5,9-10H,1,6-8H2,2-4H3,(H,21,22,23). The third-order valence-electron chi connectivity index (χ3n) is 3.56. The number of rotatable bonds is 8. The van der Waals surface area contributed by atoms with E-state index in [2.05, 4.69) is 16.5 Å². The second-order valence-corrected chi connectivity index (χ2v) is 6.03. The van der Waals surface area contributed by atoms with Gasteiger partial charge in [0.25, 0.3) is 5.56 Å². The Bertz CT molecular complexity index is 900. The number of allylic oxidation sites excluding steroid dienone is 1. The summed E-state index contributed by atoms with van der Waals surface area (Å²) in [7, 11) is 0. The van der Waals surface area contributed by atoms with Crippen LogP contribution >= 0.6 is 11.8 Å². The van der Waals surface area contributed by atoms with E-state index in [1.807, 2.05) is 26.0 Å². The SMILES string of the molecule is C=CCc1cc(-c2nc(SC)[nH]c(=O)c2C#N)cc(OCC)c1OCC. The van der Waals surface area contributed by atoms with Crippen LogP contribution in [-0.2, 0) is 6.42 Å². The van der Waals surface area contributed by atoms with Crippen LogP contribution in [0.2, 0.25) is 0 Å². The van der Waals surface area contributed by atoms with Crippen LogP contribution in [0.3, 0.4) is 0 Å². The Morgan fingerprint density at radius 1 is 1.35 bits per heavy atom. The van der Waals surface area contributed by atoms with Gasteiger partial charge in [0.05, 0.1) is 18.9 Å². The highest BCUT2D eigenvalue weighted by molar-refractivity contribution is 7.98. The van der Waals surface area contributed by atoms with Crippen molar-refractivity contribution in [3.05, 3.63) is 46.3 Å². The molecule has 0 saturated carbocycles. The molecular formula is C19H21N3O3S. The minimum atomic E-state index is -0.459. The topological polar surface area (TPSA) is 88.0 Å². The number of hydrogen-bond acceptors (Lipinski definition) is 6. The van der Waals surface area contributed by atoms with Crippen LogP contribution in [0.25, 0.3) is 11.3 Å². The lowest BCUT2D eigenvalue weighted by atomic mass is 10.0. The molecule has 0 bridgehead atoms. The van der Waals surface area contributed by atoms with E-state index >= 15 is 0 Å². The zero-order valence-corrected chi connectivity index (χ0v) is 15.9. The van der Waals surface area contributed by atoms with Crippen LogP contribution in [-0.4, -0.2) is 29.4 Å². The van der Waals surface area contributed by atoms with Crippen LogP contribution < -0.4 is 15.0 Å². The van der Waals surface area contributed by atoms with Gasteiger partial charge in [-0.15, -0.1) is 6.58 Å². The third-order valence-corrected chi connectivity index (χ3v) is 4.14.